The van der Waals surface area contributed by atoms with Gasteiger partial charge in [-0.2, -0.15) is 0 Å². The number of carbonyl (C=O) groups is 1. The smallest absolute Gasteiger partial charge is 0.261 e. The molecular weight excluding hydrogens is 420 g/mol. The second-order valence-corrected chi connectivity index (χ2v) is 8.10. The minimum absolute atomic E-state index is 0.0522. The predicted molar refractivity (Wildman–Crippen MR) is 118 cm³/mol. The van der Waals surface area contributed by atoms with Crippen LogP contribution >= 0.6 is 0 Å². The molecule has 0 aliphatic rings. The van der Waals surface area contributed by atoms with Crippen LogP contribution in [0.15, 0.2) is 71.6 Å². The van der Waals surface area contributed by atoms with Gasteiger partial charge in [-0.05, 0) is 48.5 Å². The van der Waals surface area contributed by atoms with Gasteiger partial charge in [-0.1, -0.05) is 6.07 Å². The highest BCUT2D eigenvalue weighted by Crippen LogP contribution is 2.24. The maximum absolute atomic E-state index is 12.6. The molecule has 162 valence electrons. The summed E-state index contributed by atoms with van der Waals surface area (Å²) in [5, 5.41) is 2.72. The van der Waals surface area contributed by atoms with Crippen LogP contribution in [-0.4, -0.2) is 35.7 Å². The third-order valence-corrected chi connectivity index (χ3v) is 5.76. The number of hydrogen-bond donors (Lipinski definition) is 2. The molecule has 0 saturated carbocycles. The van der Waals surface area contributed by atoms with Crippen LogP contribution in [-0.2, 0) is 10.0 Å². The highest BCUT2D eigenvalue weighted by molar-refractivity contribution is 7.92. The lowest BCUT2D eigenvalue weighted by Crippen LogP contribution is -2.14. The summed E-state index contributed by atoms with van der Waals surface area (Å²) in [6.45, 7) is 0. The van der Waals surface area contributed by atoms with Gasteiger partial charge in [-0.25, -0.2) is 8.42 Å². The summed E-state index contributed by atoms with van der Waals surface area (Å²) in [4.78, 5) is 12.6. The van der Waals surface area contributed by atoms with Crippen molar-refractivity contribution in [2.45, 2.75) is 4.90 Å². The van der Waals surface area contributed by atoms with E-state index in [9.17, 15) is 13.2 Å². The van der Waals surface area contributed by atoms with Crippen molar-refractivity contribution in [3.63, 3.8) is 0 Å². The second-order valence-electron chi connectivity index (χ2n) is 6.42. The number of sulfonamides is 1. The van der Waals surface area contributed by atoms with Gasteiger partial charge >= 0.3 is 0 Å². The maximum atomic E-state index is 12.6. The van der Waals surface area contributed by atoms with Gasteiger partial charge in [-0.3, -0.25) is 9.52 Å². The van der Waals surface area contributed by atoms with Gasteiger partial charge in [-0.15, -0.1) is 0 Å². The highest BCUT2D eigenvalue weighted by atomic mass is 32.2. The number of rotatable bonds is 8. The average molecular weight is 442 g/mol. The van der Waals surface area contributed by atoms with Crippen LogP contribution < -0.4 is 24.2 Å². The van der Waals surface area contributed by atoms with Gasteiger partial charge in [0, 0.05) is 23.4 Å². The largest absolute Gasteiger partial charge is 0.497 e. The molecule has 9 heteroatoms. The van der Waals surface area contributed by atoms with Crippen LogP contribution in [0, 0.1) is 0 Å². The Bertz CT molecular complexity index is 1150. The molecule has 0 unspecified atom stereocenters. The van der Waals surface area contributed by atoms with Crippen LogP contribution in [0.25, 0.3) is 0 Å². The average Bonchev–Trinajstić information content (AvgIpc) is 2.78. The molecule has 3 aromatic rings. The summed E-state index contributed by atoms with van der Waals surface area (Å²) in [5.74, 6) is 1.11. The van der Waals surface area contributed by atoms with Crippen LogP contribution in [0.2, 0.25) is 0 Å². The summed E-state index contributed by atoms with van der Waals surface area (Å²) in [6.07, 6.45) is 0. The SMILES string of the molecule is COc1cccc(NS(=O)(=O)c2ccc(NC(=O)c3cc(OC)cc(OC)c3)cc2)c1. The lowest BCUT2D eigenvalue weighted by atomic mass is 10.2. The van der Waals surface area contributed by atoms with Gasteiger partial charge in [0.25, 0.3) is 15.9 Å². The first-order chi connectivity index (χ1) is 14.8. The molecular formula is C22H22N2O6S. The van der Waals surface area contributed by atoms with E-state index < -0.39 is 10.0 Å². The molecule has 3 aromatic carbocycles. The molecule has 0 aliphatic carbocycles. The number of benzene rings is 3. The van der Waals surface area contributed by atoms with E-state index in [2.05, 4.69) is 10.0 Å². The van der Waals surface area contributed by atoms with Crippen molar-refractivity contribution in [2.24, 2.45) is 0 Å². The van der Waals surface area contributed by atoms with Crippen LogP contribution in [0.5, 0.6) is 17.2 Å². The van der Waals surface area contributed by atoms with E-state index in [1.165, 1.54) is 45.6 Å². The highest BCUT2D eigenvalue weighted by Gasteiger charge is 2.15. The van der Waals surface area contributed by atoms with Crippen molar-refractivity contribution in [1.29, 1.82) is 0 Å². The van der Waals surface area contributed by atoms with Crippen LogP contribution in [0.4, 0.5) is 11.4 Å². The summed E-state index contributed by atoms with van der Waals surface area (Å²) in [5.41, 5.74) is 1.16. The Hall–Kier alpha value is -3.72. The van der Waals surface area contributed by atoms with E-state index in [0.717, 1.165) is 0 Å². The van der Waals surface area contributed by atoms with E-state index in [1.54, 1.807) is 42.5 Å². The Morgan fingerprint density at radius 1 is 0.742 bits per heavy atom. The van der Waals surface area contributed by atoms with Crippen molar-refractivity contribution in [3.05, 3.63) is 72.3 Å². The van der Waals surface area contributed by atoms with E-state index >= 15 is 0 Å². The molecule has 0 aromatic heterocycles. The third-order valence-electron chi connectivity index (χ3n) is 4.36. The molecule has 0 aliphatic heterocycles. The first kappa shape index (κ1) is 22.0. The summed E-state index contributed by atoms with van der Waals surface area (Å²) in [6, 6.07) is 17.2. The molecule has 31 heavy (non-hydrogen) atoms. The Labute approximate surface area is 180 Å². The molecule has 8 nitrogen and oxygen atoms in total. The standard InChI is InChI=1S/C22H22N2O6S/c1-28-18-6-4-5-17(13-18)24-31(26,27)21-9-7-16(8-10-21)23-22(25)15-11-19(29-2)14-20(12-15)30-3/h4-14,24H,1-3H3,(H,23,25). The molecule has 0 atom stereocenters. The van der Waals surface area contributed by atoms with Crippen LogP contribution in [0.3, 0.4) is 0 Å². The molecule has 2 N–H and O–H groups in total. The Morgan fingerprint density at radius 2 is 1.35 bits per heavy atom. The van der Waals surface area contributed by atoms with Crippen molar-refractivity contribution in [3.8, 4) is 17.2 Å². The zero-order valence-corrected chi connectivity index (χ0v) is 18.0. The van der Waals surface area contributed by atoms with E-state index in [1.807, 2.05) is 0 Å². The summed E-state index contributed by atoms with van der Waals surface area (Å²) in [7, 11) is 0.688. The number of hydrogen-bond acceptors (Lipinski definition) is 6. The van der Waals surface area contributed by atoms with Crippen LogP contribution in [0.1, 0.15) is 10.4 Å². The fourth-order valence-electron chi connectivity index (χ4n) is 2.76. The fraction of sp³-hybridized carbons (Fsp3) is 0.136. The first-order valence-electron chi connectivity index (χ1n) is 9.16. The van der Waals surface area contributed by atoms with Crippen molar-refractivity contribution in [2.75, 3.05) is 31.4 Å². The Kier molecular flexibility index (Phi) is 6.66. The quantitative estimate of drug-likeness (QED) is 0.551. The van der Waals surface area contributed by atoms with E-state index in [-0.39, 0.29) is 10.8 Å². The summed E-state index contributed by atoms with van der Waals surface area (Å²) >= 11 is 0. The number of nitrogens with one attached hydrogen (secondary N) is 2. The molecule has 0 saturated heterocycles. The molecule has 0 spiro atoms. The summed E-state index contributed by atoms with van der Waals surface area (Å²) < 4.78 is 43.2. The van der Waals surface area contributed by atoms with Gasteiger partial charge in [0.05, 0.1) is 31.9 Å². The molecule has 0 heterocycles. The van der Waals surface area contributed by atoms with Crippen molar-refractivity contribution < 1.29 is 27.4 Å². The Morgan fingerprint density at radius 3 is 1.94 bits per heavy atom. The van der Waals surface area contributed by atoms with Gasteiger partial charge in [0.15, 0.2) is 0 Å². The van der Waals surface area contributed by atoms with Crippen molar-refractivity contribution >= 4 is 27.3 Å². The van der Waals surface area contributed by atoms with Crippen molar-refractivity contribution in [1.82, 2.24) is 0 Å². The monoisotopic (exact) mass is 442 g/mol. The fourth-order valence-corrected chi connectivity index (χ4v) is 3.81. The van der Waals surface area contributed by atoms with E-state index in [4.69, 9.17) is 14.2 Å². The molecule has 0 fully saturated rings. The topological polar surface area (TPSA) is 103 Å². The number of carbonyl (C=O) groups excluding carboxylic acids is 1. The maximum Gasteiger partial charge on any atom is 0.261 e. The third kappa shape index (κ3) is 5.46. The minimum Gasteiger partial charge on any atom is -0.497 e. The number of methoxy groups -OCH3 is 3. The van der Waals surface area contributed by atoms with Gasteiger partial charge < -0.3 is 19.5 Å². The lowest BCUT2D eigenvalue weighted by molar-refractivity contribution is 0.102. The molecule has 3 rings (SSSR count). The normalized spacial score (nSPS) is 10.8. The Balaban J connectivity index is 1.74. The number of amides is 1. The zero-order valence-electron chi connectivity index (χ0n) is 17.2. The molecule has 0 radical (unpaired) electrons. The zero-order chi connectivity index (χ0) is 22.4. The second kappa shape index (κ2) is 9.40. The molecule has 1 amide bonds. The predicted octanol–water partition coefficient (Wildman–Crippen LogP) is 3.77. The number of ether oxygens (including phenoxy) is 3. The van der Waals surface area contributed by atoms with Gasteiger partial charge in [0.1, 0.15) is 17.2 Å². The molecule has 0 bridgehead atoms. The first-order valence-corrected chi connectivity index (χ1v) is 10.6. The number of anilines is 2. The van der Waals surface area contributed by atoms with E-state index in [0.29, 0.717) is 34.2 Å². The van der Waals surface area contributed by atoms with Gasteiger partial charge in [0.2, 0.25) is 0 Å². The minimum atomic E-state index is -3.81. The lowest BCUT2D eigenvalue weighted by Gasteiger charge is -2.11.